The van der Waals surface area contributed by atoms with Crippen molar-refractivity contribution in [3.05, 3.63) is 24.3 Å². The van der Waals surface area contributed by atoms with Crippen LogP contribution in [0, 0.1) is 0 Å². The number of esters is 1. The van der Waals surface area contributed by atoms with E-state index in [9.17, 15) is 19.8 Å². The molecule has 3 N–H and O–H groups in total. The lowest BCUT2D eigenvalue weighted by molar-refractivity contribution is -0.143. The third-order valence-electron chi connectivity index (χ3n) is 15.0. The van der Waals surface area contributed by atoms with Crippen molar-refractivity contribution in [1.29, 1.82) is 0 Å². The van der Waals surface area contributed by atoms with Crippen molar-refractivity contribution in [3.63, 3.8) is 0 Å². The first-order valence-corrected chi connectivity index (χ1v) is 32.1. The van der Waals surface area contributed by atoms with Gasteiger partial charge in [0.15, 0.2) is 0 Å². The monoisotopic (exact) mass is 1000 g/mol. The van der Waals surface area contributed by atoms with E-state index < -0.39 is 12.1 Å². The lowest BCUT2D eigenvalue weighted by Crippen LogP contribution is -2.45. The molecule has 0 aliphatic rings. The Hall–Kier alpha value is -1.66. The maximum Gasteiger partial charge on any atom is 0.305 e. The molecule has 2 atom stereocenters. The van der Waals surface area contributed by atoms with Crippen molar-refractivity contribution < 1.29 is 24.5 Å². The van der Waals surface area contributed by atoms with E-state index in [0.717, 1.165) is 51.4 Å². The number of aliphatic hydroxyl groups excluding tert-OH is 2. The highest BCUT2D eigenvalue weighted by molar-refractivity contribution is 5.76. The average Bonchev–Trinajstić information content (AvgIpc) is 3.37. The van der Waals surface area contributed by atoms with Crippen LogP contribution in [-0.2, 0) is 14.3 Å². The molecule has 0 heterocycles. The van der Waals surface area contributed by atoms with Gasteiger partial charge in [-0.3, -0.25) is 9.59 Å². The molecule has 1 amide bonds. The van der Waals surface area contributed by atoms with E-state index in [4.69, 9.17) is 4.74 Å². The second-order valence-electron chi connectivity index (χ2n) is 22.1. The van der Waals surface area contributed by atoms with Gasteiger partial charge in [-0.05, 0) is 57.8 Å². The summed E-state index contributed by atoms with van der Waals surface area (Å²) < 4.78 is 5.49. The topological polar surface area (TPSA) is 95.9 Å². The Morgan fingerprint density at radius 2 is 0.704 bits per heavy atom. The number of hydrogen-bond acceptors (Lipinski definition) is 5. The zero-order valence-electron chi connectivity index (χ0n) is 48.0. The van der Waals surface area contributed by atoms with E-state index in [1.807, 2.05) is 0 Å². The molecular formula is C65H125NO5. The number of carbonyl (C=O) groups excluding carboxylic acids is 2. The maximum absolute atomic E-state index is 12.5. The number of hydrogen-bond donors (Lipinski definition) is 3. The van der Waals surface area contributed by atoms with Crippen LogP contribution in [-0.4, -0.2) is 47.4 Å². The van der Waals surface area contributed by atoms with Crippen LogP contribution < -0.4 is 5.32 Å². The summed E-state index contributed by atoms with van der Waals surface area (Å²) in [5.41, 5.74) is 0. The first kappa shape index (κ1) is 69.3. The van der Waals surface area contributed by atoms with Gasteiger partial charge < -0.3 is 20.3 Å². The largest absolute Gasteiger partial charge is 0.466 e. The molecule has 420 valence electrons. The Labute approximate surface area is 443 Å². The summed E-state index contributed by atoms with van der Waals surface area (Å²) in [4.78, 5) is 24.5. The molecule has 0 rings (SSSR count). The molecule has 0 aromatic carbocycles. The van der Waals surface area contributed by atoms with Gasteiger partial charge >= 0.3 is 5.97 Å². The number of nitrogens with one attached hydrogen (secondary N) is 1. The minimum atomic E-state index is -0.660. The molecule has 0 aromatic heterocycles. The van der Waals surface area contributed by atoms with Gasteiger partial charge in [0.05, 0.1) is 25.4 Å². The molecule has 71 heavy (non-hydrogen) atoms. The lowest BCUT2D eigenvalue weighted by Gasteiger charge is -2.22. The van der Waals surface area contributed by atoms with E-state index in [1.54, 1.807) is 0 Å². The van der Waals surface area contributed by atoms with Gasteiger partial charge in [-0.25, -0.2) is 0 Å². The minimum absolute atomic E-state index is 0.00487. The Morgan fingerprint density at radius 1 is 0.394 bits per heavy atom. The number of unbranched alkanes of at least 4 members (excludes halogenated alkanes) is 45. The summed E-state index contributed by atoms with van der Waals surface area (Å²) in [5, 5.41) is 23.2. The zero-order chi connectivity index (χ0) is 51.4. The van der Waals surface area contributed by atoms with Gasteiger partial charge in [0.25, 0.3) is 0 Å². The van der Waals surface area contributed by atoms with Crippen LogP contribution in [0.25, 0.3) is 0 Å². The molecular weight excluding hydrogens is 875 g/mol. The van der Waals surface area contributed by atoms with Crippen molar-refractivity contribution >= 4 is 11.9 Å². The smallest absolute Gasteiger partial charge is 0.305 e. The quantitative estimate of drug-likeness (QED) is 0.0320. The van der Waals surface area contributed by atoms with E-state index in [-0.39, 0.29) is 18.5 Å². The molecule has 2 unspecified atom stereocenters. The molecule has 0 aromatic rings. The lowest BCUT2D eigenvalue weighted by atomic mass is 10.0. The molecule has 0 saturated heterocycles. The van der Waals surface area contributed by atoms with Crippen LogP contribution in [0.15, 0.2) is 24.3 Å². The molecule has 0 aliphatic heterocycles. The van der Waals surface area contributed by atoms with Crippen molar-refractivity contribution in [2.45, 2.75) is 366 Å². The molecule has 0 bridgehead atoms. The van der Waals surface area contributed by atoms with E-state index in [2.05, 4.69) is 43.5 Å². The highest BCUT2D eigenvalue weighted by atomic mass is 16.5. The number of amides is 1. The van der Waals surface area contributed by atoms with Crippen molar-refractivity contribution in [3.8, 4) is 0 Å². The summed E-state index contributed by atoms with van der Waals surface area (Å²) in [7, 11) is 0. The molecule has 6 nitrogen and oxygen atoms in total. The Kier molecular flexibility index (Phi) is 59.5. The van der Waals surface area contributed by atoms with Gasteiger partial charge in [0, 0.05) is 12.8 Å². The third-order valence-corrected chi connectivity index (χ3v) is 15.0. The van der Waals surface area contributed by atoms with Crippen molar-refractivity contribution in [1.82, 2.24) is 5.32 Å². The minimum Gasteiger partial charge on any atom is -0.466 e. The van der Waals surface area contributed by atoms with E-state index >= 15 is 0 Å². The number of aliphatic hydroxyl groups is 2. The van der Waals surface area contributed by atoms with Crippen LogP contribution in [0.2, 0.25) is 0 Å². The van der Waals surface area contributed by atoms with Crippen LogP contribution in [0.4, 0.5) is 0 Å². The first-order chi connectivity index (χ1) is 35.0. The van der Waals surface area contributed by atoms with Gasteiger partial charge in [-0.2, -0.15) is 0 Å². The molecule has 0 aliphatic carbocycles. The molecule has 6 heteroatoms. The van der Waals surface area contributed by atoms with E-state index in [0.29, 0.717) is 25.9 Å². The molecule has 0 fully saturated rings. The van der Waals surface area contributed by atoms with Crippen LogP contribution in [0.1, 0.15) is 354 Å². The number of carbonyl (C=O) groups is 2. The van der Waals surface area contributed by atoms with Gasteiger partial charge in [0.2, 0.25) is 5.91 Å². The summed E-state index contributed by atoms with van der Waals surface area (Å²) in [6.07, 6.45) is 74.9. The first-order valence-electron chi connectivity index (χ1n) is 32.1. The molecule has 0 spiro atoms. The summed E-state index contributed by atoms with van der Waals surface area (Å²) in [5.74, 6) is -0.0272. The van der Waals surface area contributed by atoms with Gasteiger partial charge in [-0.1, -0.05) is 308 Å². The van der Waals surface area contributed by atoms with E-state index in [1.165, 1.54) is 270 Å². The second-order valence-corrected chi connectivity index (χ2v) is 22.1. The number of ether oxygens (including phenoxy) is 1. The fraction of sp³-hybridized carbons (Fsp3) is 0.908. The number of allylic oxidation sites excluding steroid dienone is 4. The van der Waals surface area contributed by atoms with Crippen LogP contribution >= 0.6 is 0 Å². The standard InChI is InChI=1S/C65H125NO5/c1-3-5-7-9-11-13-15-16-17-32-35-39-43-47-51-55-59-65(70)71-60-56-52-48-44-40-36-33-30-28-26-24-22-20-18-19-21-23-25-27-29-31-34-38-42-46-50-54-58-64(69)66-62(61-67)63(68)57-53-49-45-41-37-14-12-10-8-6-4-2/h13,15,17,32,62-63,67-68H,3-12,14,16,18-31,33-61H2,1-2H3,(H,66,69)/b15-13-,32-17-. The maximum atomic E-state index is 12.5. The highest BCUT2D eigenvalue weighted by Crippen LogP contribution is 2.18. The number of rotatable bonds is 60. The summed E-state index contributed by atoms with van der Waals surface area (Å²) >= 11 is 0. The Morgan fingerprint density at radius 3 is 1.08 bits per heavy atom. The molecule has 0 saturated carbocycles. The SMILES string of the molecule is CCCCCC/C=C\C/C=C\CCCCCCCC(=O)OCCCCCCCCCCCCCCCCCCCCCCCCCCCCCC(=O)NC(CO)C(O)CCCCCCCCCCCCC. The van der Waals surface area contributed by atoms with Gasteiger partial charge in [0.1, 0.15) is 0 Å². The second kappa shape index (κ2) is 60.9. The van der Waals surface area contributed by atoms with Gasteiger partial charge in [-0.15, -0.1) is 0 Å². The fourth-order valence-corrected chi connectivity index (χ4v) is 10.1. The van der Waals surface area contributed by atoms with Crippen molar-refractivity contribution in [2.75, 3.05) is 13.2 Å². The van der Waals surface area contributed by atoms with Crippen LogP contribution in [0.5, 0.6) is 0 Å². The summed E-state index contributed by atoms with van der Waals surface area (Å²) in [6, 6.07) is -0.537. The predicted octanol–water partition coefficient (Wildman–Crippen LogP) is 20.2. The zero-order valence-corrected chi connectivity index (χ0v) is 48.0. The van der Waals surface area contributed by atoms with Crippen molar-refractivity contribution in [2.24, 2.45) is 0 Å². The Bertz CT molecular complexity index is 1110. The summed E-state index contributed by atoms with van der Waals surface area (Å²) in [6.45, 7) is 4.94. The normalized spacial score (nSPS) is 12.7. The average molecular weight is 1000 g/mol. The Balaban J connectivity index is 3.33. The van der Waals surface area contributed by atoms with Crippen LogP contribution in [0.3, 0.4) is 0 Å². The molecule has 0 radical (unpaired) electrons. The fourth-order valence-electron chi connectivity index (χ4n) is 10.1. The third kappa shape index (κ3) is 57.5. The predicted molar refractivity (Wildman–Crippen MR) is 310 cm³/mol. The highest BCUT2D eigenvalue weighted by Gasteiger charge is 2.20.